The Morgan fingerprint density at radius 3 is 2.00 bits per heavy atom. The standard InChI is InChI=1S/C20H30FNO11/c1-9(23)29-8-13(30-10(2)24)15(31-11(3)25)16-14(22-19(27)28-7)17(32-12(4)26)18(21)20(5,6)33-16/h13-18H,8H2,1-7H3,(H,22,27)/t13-,14?,15-,16?,17?,18?/m1/s1. The van der Waals surface area contributed by atoms with E-state index in [9.17, 15) is 24.0 Å². The van der Waals surface area contributed by atoms with E-state index in [-0.39, 0.29) is 0 Å². The number of halogens is 1. The molecule has 1 aliphatic rings. The monoisotopic (exact) mass is 479 g/mol. The Kier molecular flexibility index (Phi) is 10.0. The molecule has 6 atom stereocenters. The van der Waals surface area contributed by atoms with Crippen LogP contribution in [-0.2, 0) is 47.6 Å². The van der Waals surface area contributed by atoms with Crippen molar-refractivity contribution in [3.8, 4) is 0 Å². The highest BCUT2D eigenvalue weighted by Crippen LogP contribution is 2.36. The molecule has 0 aromatic carbocycles. The molecule has 0 bridgehead atoms. The van der Waals surface area contributed by atoms with E-state index in [4.69, 9.17) is 23.7 Å². The predicted molar refractivity (Wildman–Crippen MR) is 106 cm³/mol. The van der Waals surface area contributed by atoms with Gasteiger partial charge in [0.25, 0.3) is 0 Å². The maximum absolute atomic E-state index is 15.3. The minimum Gasteiger partial charge on any atom is -0.462 e. The van der Waals surface area contributed by atoms with Gasteiger partial charge in [-0.3, -0.25) is 19.2 Å². The lowest BCUT2D eigenvalue weighted by Crippen LogP contribution is -2.70. The predicted octanol–water partition coefficient (Wildman–Crippen LogP) is 0.585. The summed E-state index contributed by atoms with van der Waals surface area (Å²) in [4.78, 5) is 58.7. The van der Waals surface area contributed by atoms with Gasteiger partial charge in [0.15, 0.2) is 24.5 Å². The van der Waals surface area contributed by atoms with E-state index in [1.807, 2.05) is 0 Å². The molecule has 0 aromatic heterocycles. The average molecular weight is 479 g/mol. The largest absolute Gasteiger partial charge is 0.462 e. The van der Waals surface area contributed by atoms with Crippen LogP contribution in [0.1, 0.15) is 41.5 Å². The third-order valence-corrected chi connectivity index (χ3v) is 4.63. The molecule has 1 rings (SSSR count). The van der Waals surface area contributed by atoms with Crippen molar-refractivity contribution in [2.75, 3.05) is 13.7 Å². The van der Waals surface area contributed by atoms with Gasteiger partial charge in [-0.25, -0.2) is 9.18 Å². The second kappa shape index (κ2) is 11.8. The number of hydrogen-bond donors (Lipinski definition) is 1. The van der Waals surface area contributed by atoms with Gasteiger partial charge in [-0.2, -0.15) is 0 Å². The topological polar surface area (TPSA) is 153 Å². The van der Waals surface area contributed by atoms with Crippen LogP contribution in [0.3, 0.4) is 0 Å². The maximum Gasteiger partial charge on any atom is 0.407 e. The second-order valence-corrected chi connectivity index (χ2v) is 7.85. The van der Waals surface area contributed by atoms with Crippen molar-refractivity contribution in [2.24, 2.45) is 0 Å². The van der Waals surface area contributed by atoms with Crippen LogP contribution >= 0.6 is 0 Å². The van der Waals surface area contributed by atoms with Gasteiger partial charge in [-0.1, -0.05) is 0 Å². The molecule has 1 N–H and O–H groups in total. The number of amides is 1. The van der Waals surface area contributed by atoms with E-state index in [1.54, 1.807) is 0 Å². The van der Waals surface area contributed by atoms with Gasteiger partial charge in [0.05, 0.1) is 12.7 Å². The van der Waals surface area contributed by atoms with Crippen LogP contribution in [0.4, 0.5) is 9.18 Å². The summed E-state index contributed by atoms with van der Waals surface area (Å²) < 4.78 is 46.3. The normalized spacial score (nSPS) is 25.6. The number of rotatable bonds is 8. The fourth-order valence-electron chi connectivity index (χ4n) is 3.36. The Hall–Kier alpha value is -2.96. The number of alkyl carbamates (subject to hydrolysis) is 1. The molecule has 188 valence electrons. The molecule has 1 amide bonds. The van der Waals surface area contributed by atoms with Gasteiger partial charge in [-0.15, -0.1) is 0 Å². The number of nitrogens with one attached hydrogen (secondary N) is 1. The first-order valence-electron chi connectivity index (χ1n) is 10.0. The summed E-state index contributed by atoms with van der Waals surface area (Å²) >= 11 is 0. The van der Waals surface area contributed by atoms with E-state index in [0.29, 0.717) is 0 Å². The van der Waals surface area contributed by atoms with Crippen molar-refractivity contribution >= 4 is 30.0 Å². The molecule has 0 saturated carbocycles. The summed E-state index contributed by atoms with van der Waals surface area (Å²) in [5, 5.41) is 2.33. The molecule has 13 heteroatoms. The SMILES string of the molecule is COC(=O)NC1C(OC(C)=O)C(F)C(C)(C)OC1[C@H](OC(C)=O)[C@@H](COC(C)=O)OC(C)=O. The number of esters is 4. The van der Waals surface area contributed by atoms with Gasteiger partial charge in [0.1, 0.15) is 18.8 Å². The third kappa shape index (κ3) is 8.15. The highest BCUT2D eigenvalue weighted by Gasteiger charge is 2.57. The highest BCUT2D eigenvalue weighted by molar-refractivity contribution is 5.69. The fourth-order valence-corrected chi connectivity index (χ4v) is 3.36. The molecule has 4 unspecified atom stereocenters. The summed E-state index contributed by atoms with van der Waals surface area (Å²) in [7, 11) is 1.05. The van der Waals surface area contributed by atoms with Crippen molar-refractivity contribution in [1.29, 1.82) is 0 Å². The summed E-state index contributed by atoms with van der Waals surface area (Å²) in [6.07, 6.45) is -8.91. The lowest BCUT2D eigenvalue weighted by molar-refractivity contribution is -0.250. The lowest BCUT2D eigenvalue weighted by Gasteiger charge is -2.49. The van der Waals surface area contributed by atoms with Crippen molar-refractivity contribution < 1.29 is 56.8 Å². The Balaban J connectivity index is 3.58. The van der Waals surface area contributed by atoms with Gasteiger partial charge < -0.3 is 33.7 Å². The Labute approximate surface area is 190 Å². The second-order valence-electron chi connectivity index (χ2n) is 7.85. The molecule has 1 aliphatic heterocycles. The summed E-state index contributed by atoms with van der Waals surface area (Å²) in [6.45, 7) is 6.45. The minimum atomic E-state index is -1.93. The van der Waals surface area contributed by atoms with E-state index < -0.39 is 78.8 Å². The molecule has 1 saturated heterocycles. The quantitative estimate of drug-likeness (QED) is 0.384. The first-order valence-corrected chi connectivity index (χ1v) is 10.0. The van der Waals surface area contributed by atoms with Crippen LogP contribution in [0.2, 0.25) is 0 Å². The molecular formula is C20H30FNO11. The Morgan fingerprint density at radius 1 is 0.970 bits per heavy atom. The van der Waals surface area contributed by atoms with Crippen molar-refractivity contribution in [1.82, 2.24) is 5.32 Å². The number of carbonyl (C=O) groups excluding carboxylic acids is 5. The van der Waals surface area contributed by atoms with Crippen LogP contribution in [-0.4, -0.2) is 85.9 Å². The highest BCUT2D eigenvalue weighted by atomic mass is 19.1. The van der Waals surface area contributed by atoms with Crippen molar-refractivity contribution in [3.63, 3.8) is 0 Å². The molecule has 1 fully saturated rings. The zero-order valence-corrected chi connectivity index (χ0v) is 19.5. The molecule has 0 radical (unpaired) electrons. The molecule has 0 aliphatic carbocycles. The van der Waals surface area contributed by atoms with Crippen molar-refractivity contribution in [2.45, 2.75) is 83.8 Å². The lowest BCUT2D eigenvalue weighted by atomic mass is 9.83. The number of ether oxygens (including phenoxy) is 6. The molecule has 0 aromatic rings. The minimum absolute atomic E-state index is 0.546. The number of methoxy groups -OCH3 is 1. The average Bonchev–Trinajstić information content (AvgIpc) is 2.68. The van der Waals surface area contributed by atoms with Gasteiger partial charge >= 0.3 is 30.0 Å². The van der Waals surface area contributed by atoms with Gasteiger partial charge in [-0.05, 0) is 13.8 Å². The molecular weight excluding hydrogens is 449 g/mol. The van der Waals surface area contributed by atoms with E-state index >= 15 is 4.39 Å². The van der Waals surface area contributed by atoms with Crippen LogP contribution in [0.15, 0.2) is 0 Å². The Morgan fingerprint density at radius 2 is 1.55 bits per heavy atom. The smallest absolute Gasteiger partial charge is 0.407 e. The summed E-state index contributed by atoms with van der Waals surface area (Å²) in [6, 6.07) is -1.45. The fraction of sp³-hybridized carbons (Fsp3) is 0.750. The van der Waals surface area contributed by atoms with Crippen LogP contribution < -0.4 is 5.32 Å². The van der Waals surface area contributed by atoms with E-state index in [0.717, 1.165) is 34.8 Å². The van der Waals surface area contributed by atoms with E-state index in [1.165, 1.54) is 13.8 Å². The summed E-state index contributed by atoms with van der Waals surface area (Å²) in [5.74, 6) is -3.22. The van der Waals surface area contributed by atoms with Crippen LogP contribution in [0.5, 0.6) is 0 Å². The number of carbonyl (C=O) groups is 5. The third-order valence-electron chi connectivity index (χ3n) is 4.63. The zero-order valence-electron chi connectivity index (χ0n) is 19.5. The molecule has 0 spiro atoms. The molecule has 12 nitrogen and oxygen atoms in total. The Bertz CT molecular complexity index is 756. The number of hydrogen-bond acceptors (Lipinski definition) is 11. The zero-order chi connectivity index (χ0) is 25.5. The molecule has 33 heavy (non-hydrogen) atoms. The van der Waals surface area contributed by atoms with E-state index in [2.05, 4.69) is 10.1 Å². The first kappa shape index (κ1) is 28.1. The molecule has 1 heterocycles. The summed E-state index contributed by atoms with van der Waals surface area (Å²) in [5.41, 5.74) is -1.61. The number of alkyl halides is 1. The van der Waals surface area contributed by atoms with Crippen molar-refractivity contribution in [3.05, 3.63) is 0 Å². The van der Waals surface area contributed by atoms with Crippen LogP contribution in [0.25, 0.3) is 0 Å². The maximum atomic E-state index is 15.3. The van der Waals surface area contributed by atoms with Gasteiger partial charge in [0.2, 0.25) is 0 Å². The first-order chi connectivity index (χ1) is 15.2. The van der Waals surface area contributed by atoms with Gasteiger partial charge in [0, 0.05) is 27.7 Å². The van der Waals surface area contributed by atoms with Crippen LogP contribution in [0, 0.1) is 0 Å².